The van der Waals surface area contributed by atoms with Crippen molar-refractivity contribution >= 4 is 27.6 Å². The zero-order valence-corrected chi connectivity index (χ0v) is 12.8. The van der Waals surface area contributed by atoms with Crippen molar-refractivity contribution in [1.82, 2.24) is 9.29 Å². The molecule has 0 radical (unpaired) electrons. The number of hydrogen-bond acceptors (Lipinski definition) is 5. The first-order valence-electron chi connectivity index (χ1n) is 6.35. The van der Waals surface area contributed by atoms with Crippen LogP contribution in [0.1, 0.15) is 13.8 Å². The molecular formula is C12H19N3O2S2. The summed E-state index contributed by atoms with van der Waals surface area (Å²) in [6.07, 6.45) is 1.43. The molecule has 0 aromatic carbocycles. The first-order valence-corrected chi connectivity index (χ1v) is 8.84. The van der Waals surface area contributed by atoms with E-state index in [9.17, 15) is 8.42 Å². The van der Waals surface area contributed by atoms with Crippen molar-refractivity contribution < 1.29 is 8.42 Å². The highest BCUT2D eigenvalue weighted by Crippen LogP contribution is 2.24. The molecule has 1 fully saturated rings. The Kier molecular flexibility index (Phi) is 4.70. The molecule has 106 valence electrons. The number of anilines is 1. The van der Waals surface area contributed by atoms with E-state index in [2.05, 4.69) is 17.2 Å². The van der Waals surface area contributed by atoms with Crippen LogP contribution >= 0.6 is 11.8 Å². The molecule has 0 aliphatic carbocycles. The van der Waals surface area contributed by atoms with Gasteiger partial charge in [-0.1, -0.05) is 6.92 Å². The number of pyridine rings is 1. The van der Waals surface area contributed by atoms with Gasteiger partial charge in [0.15, 0.2) is 0 Å². The van der Waals surface area contributed by atoms with E-state index < -0.39 is 10.0 Å². The normalized spacial score (nSPS) is 21.3. The molecule has 7 heteroatoms. The molecule has 5 nitrogen and oxygen atoms in total. The van der Waals surface area contributed by atoms with Crippen LogP contribution < -0.4 is 5.32 Å². The molecule has 2 heterocycles. The van der Waals surface area contributed by atoms with Crippen LogP contribution in [0.3, 0.4) is 0 Å². The summed E-state index contributed by atoms with van der Waals surface area (Å²) in [5, 5.41) is 3.39. The van der Waals surface area contributed by atoms with Gasteiger partial charge in [0.2, 0.25) is 10.0 Å². The van der Waals surface area contributed by atoms with Crippen molar-refractivity contribution in [2.24, 2.45) is 0 Å². The summed E-state index contributed by atoms with van der Waals surface area (Å²) >= 11 is 1.81. The lowest BCUT2D eigenvalue weighted by molar-refractivity contribution is 0.424. The molecule has 0 saturated carbocycles. The van der Waals surface area contributed by atoms with E-state index in [1.54, 1.807) is 16.4 Å². The van der Waals surface area contributed by atoms with Gasteiger partial charge < -0.3 is 5.32 Å². The third-order valence-electron chi connectivity index (χ3n) is 2.94. The summed E-state index contributed by atoms with van der Waals surface area (Å²) < 4.78 is 26.5. The van der Waals surface area contributed by atoms with Gasteiger partial charge in [-0.3, -0.25) is 0 Å². The Bertz CT molecular complexity index is 516. The molecular weight excluding hydrogens is 282 g/mol. The SMILES string of the molecule is CCNc1ccc(S(=O)(=O)N2CCSC(C)C2)cn1. The van der Waals surface area contributed by atoms with Crippen molar-refractivity contribution in [1.29, 1.82) is 0 Å². The summed E-state index contributed by atoms with van der Waals surface area (Å²) in [6, 6.07) is 3.32. The Morgan fingerprint density at radius 3 is 2.89 bits per heavy atom. The quantitative estimate of drug-likeness (QED) is 0.916. The lowest BCUT2D eigenvalue weighted by Gasteiger charge is -2.29. The maximum Gasteiger partial charge on any atom is 0.244 e. The van der Waals surface area contributed by atoms with Gasteiger partial charge in [-0.15, -0.1) is 0 Å². The molecule has 0 amide bonds. The van der Waals surface area contributed by atoms with E-state index in [-0.39, 0.29) is 4.90 Å². The monoisotopic (exact) mass is 301 g/mol. The van der Waals surface area contributed by atoms with Gasteiger partial charge >= 0.3 is 0 Å². The summed E-state index contributed by atoms with van der Waals surface area (Å²) in [4.78, 5) is 4.40. The zero-order chi connectivity index (χ0) is 13.9. The van der Waals surface area contributed by atoms with Crippen molar-refractivity contribution in [3.63, 3.8) is 0 Å². The smallest absolute Gasteiger partial charge is 0.244 e. The van der Waals surface area contributed by atoms with E-state index in [4.69, 9.17) is 0 Å². The van der Waals surface area contributed by atoms with Gasteiger partial charge in [0.1, 0.15) is 10.7 Å². The van der Waals surface area contributed by atoms with Crippen LogP contribution in [0.15, 0.2) is 23.2 Å². The highest BCUT2D eigenvalue weighted by Gasteiger charge is 2.29. The van der Waals surface area contributed by atoms with Gasteiger partial charge in [0, 0.05) is 36.8 Å². The van der Waals surface area contributed by atoms with E-state index in [0.29, 0.717) is 24.2 Å². The van der Waals surface area contributed by atoms with Crippen molar-refractivity contribution in [2.45, 2.75) is 24.0 Å². The lowest BCUT2D eigenvalue weighted by Crippen LogP contribution is -2.40. The standard InChI is InChI=1S/C12H19N3O2S2/c1-3-13-12-5-4-11(8-14-12)19(16,17)15-6-7-18-10(2)9-15/h4-5,8,10H,3,6-7,9H2,1-2H3,(H,13,14). The van der Waals surface area contributed by atoms with Crippen LogP contribution in [0.2, 0.25) is 0 Å². The predicted octanol–water partition coefficient (Wildman–Crippen LogP) is 1.64. The Morgan fingerprint density at radius 2 is 2.32 bits per heavy atom. The maximum absolute atomic E-state index is 12.5. The van der Waals surface area contributed by atoms with E-state index in [1.165, 1.54) is 6.20 Å². The number of rotatable bonds is 4. The average Bonchev–Trinajstić information content (AvgIpc) is 2.40. The molecule has 1 saturated heterocycles. The highest BCUT2D eigenvalue weighted by atomic mass is 32.2. The zero-order valence-electron chi connectivity index (χ0n) is 11.2. The topological polar surface area (TPSA) is 62.3 Å². The number of nitrogens with zero attached hydrogens (tertiary/aromatic N) is 2. The highest BCUT2D eigenvalue weighted by molar-refractivity contribution is 8.00. The van der Waals surface area contributed by atoms with E-state index in [0.717, 1.165) is 12.3 Å². The molecule has 0 bridgehead atoms. The second-order valence-electron chi connectivity index (χ2n) is 4.45. The fourth-order valence-corrected chi connectivity index (χ4v) is 4.67. The van der Waals surface area contributed by atoms with Crippen molar-refractivity contribution in [2.75, 3.05) is 30.7 Å². The lowest BCUT2D eigenvalue weighted by atomic mass is 10.4. The summed E-state index contributed by atoms with van der Waals surface area (Å²) in [6.45, 7) is 5.94. The Hall–Kier alpha value is -0.790. The Balaban J connectivity index is 2.18. The van der Waals surface area contributed by atoms with E-state index >= 15 is 0 Å². The van der Waals surface area contributed by atoms with Gasteiger partial charge in [-0.2, -0.15) is 16.1 Å². The fraction of sp³-hybridized carbons (Fsp3) is 0.583. The summed E-state index contributed by atoms with van der Waals surface area (Å²) in [5.74, 6) is 1.55. The Labute approximate surface area is 118 Å². The number of aromatic nitrogens is 1. The maximum atomic E-state index is 12.5. The Morgan fingerprint density at radius 1 is 1.53 bits per heavy atom. The molecule has 1 aliphatic heterocycles. The van der Waals surface area contributed by atoms with Gasteiger partial charge in [0.05, 0.1) is 0 Å². The number of thioether (sulfide) groups is 1. The minimum atomic E-state index is -3.40. The average molecular weight is 301 g/mol. The number of nitrogens with one attached hydrogen (secondary N) is 1. The largest absolute Gasteiger partial charge is 0.370 e. The van der Waals surface area contributed by atoms with Crippen LogP contribution in [0.25, 0.3) is 0 Å². The molecule has 1 N–H and O–H groups in total. The molecule has 19 heavy (non-hydrogen) atoms. The third kappa shape index (κ3) is 3.40. The molecule has 1 atom stereocenters. The molecule has 1 aromatic rings. The second-order valence-corrected chi connectivity index (χ2v) is 7.94. The minimum Gasteiger partial charge on any atom is -0.370 e. The van der Waals surface area contributed by atoms with Gasteiger partial charge in [0.25, 0.3) is 0 Å². The second kappa shape index (κ2) is 6.11. The van der Waals surface area contributed by atoms with Crippen LogP contribution in [0.5, 0.6) is 0 Å². The molecule has 2 rings (SSSR count). The summed E-state index contributed by atoms with van der Waals surface area (Å²) in [7, 11) is -3.40. The molecule has 0 spiro atoms. The van der Waals surface area contributed by atoms with Crippen molar-refractivity contribution in [3.8, 4) is 0 Å². The van der Waals surface area contributed by atoms with Crippen LogP contribution in [0, 0.1) is 0 Å². The van der Waals surface area contributed by atoms with E-state index in [1.807, 2.05) is 18.7 Å². The molecule has 1 aromatic heterocycles. The van der Waals surface area contributed by atoms with Crippen LogP contribution in [-0.4, -0.2) is 48.3 Å². The minimum absolute atomic E-state index is 0.272. The first-order chi connectivity index (χ1) is 9.04. The number of hydrogen-bond donors (Lipinski definition) is 1. The van der Waals surface area contributed by atoms with Crippen LogP contribution in [0.4, 0.5) is 5.82 Å². The predicted molar refractivity (Wildman–Crippen MR) is 79.1 cm³/mol. The molecule has 1 aliphatic rings. The molecule has 1 unspecified atom stereocenters. The first kappa shape index (κ1) is 14.6. The number of sulfonamides is 1. The van der Waals surface area contributed by atoms with Crippen molar-refractivity contribution in [3.05, 3.63) is 18.3 Å². The third-order valence-corrected chi connectivity index (χ3v) is 5.92. The van der Waals surface area contributed by atoms with Crippen LogP contribution in [-0.2, 0) is 10.0 Å². The van der Waals surface area contributed by atoms with Gasteiger partial charge in [-0.25, -0.2) is 13.4 Å². The fourth-order valence-electron chi connectivity index (χ4n) is 1.97. The summed E-state index contributed by atoms with van der Waals surface area (Å²) in [5.41, 5.74) is 0. The van der Waals surface area contributed by atoms with Gasteiger partial charge in [-0.05, 0) is 19.1 Å².